The summed E-state index contributed by atoms with van der Waals surface area (Å²) >= 11 is 5.99. The molecule has 138 valence electrons. The summed E-state index contributed by atoms with van der Waals surface area (Å²) in [5, 5.41) is 0.566. The van der Waals surface area contributed by atoms with Crippen LogP contribution in [0.3, 0.4) is 0 Å². The summed E-state index contributed by atoms with van der Waals surface area (Å²) < 4.78 is 0. The molecule has 0 atom stereocenters. The minimum absolute atomic E-state index is 0.00878. The zero-order valence-electron chi connectivity index (χ0n) is 16.2. The Morgan fingerprint density at radius 3 is 2.50 bits per heavy atom. The van der Waals surface area contributed by atoms with Crippen LogP contribution in [0.5, 0.6) is 0 Å². The highest BCUT2D eigenvalue weighted by molar-refractivity contribution is 6.31. The molecule has 0 aliphatic carbocycles. The van der Waals surface area contributed by atoms with E-state index in [1.165, 1.54) is 16.7 Å². The van der Waals surface area contributed by atoms with Crippen LogP contribution in [0.2, 0.25) is 5.02 Å². The SMILES string of the molecule is CCc1cc(C)ccc1CCCC/C(C)=N/c1ccc(Cl)cc1C(C)=O. The summed E-state index contributed by atoms with van der Waals surface area (Å²) in [6, 6.07) is 12.1. The first-order valence-corrected chi connectivity index (χ1v) is 9.71. The summed E-state index contributed by atoms with van der Waals surface area (Å²) in [4.78, 5) is 16.4. The molecule has 0 saturated carbocycles. The van der Waals surface area contributed by atoms with Crippen molar-refractivity contribution in [2.24, 2.45) is 4.99 Å². The van der Waals surface area contributed by atoms with E-state index in [1.807, 2.05) is 13.0 Å². The van der Waals surface area contributed by atoms with Gasteiger partial charge in [0.1, 0.15) is 0 Å². The van der Waals surface area contributed by atoms with Gasteiger partial charge in [-0.2, -0.15) is 0 Å². The van der Waals surface area contributed by atoms with Gasteiger partial charge in [0.15, 0.2) is 5.78 Å². The van der Waals surface area contributed by atoms with Crippen molar-refractivity contribution < 1.29 is 4.79 Å². The van der Waals surface area contributed by atoms with Crippen LogP contribution in [0.4, 0.5) is 5.69 Å². The molecule has 2 nitrogen and oxygen atoms in total. The van der Waals surface area contributed by atoms with E-state index in [0.717, 1.165) is 37.8 Å². The van der Waals surface area contributed by atoms with E-state index in [-0.39, 0.29) is 5.78 Å². The average molecular weight is 370 g/mol. The second kappa shape index (κ2) is 9.68. The summed E-state index contributed by atoms with van der Waals surface area (Å²) in [7, 11) is 0. The maximum Gasteiger partial charge on any atom is 0.162 e. The molecule has 2 aromatic rings. The third-order valence-electron chi connectivity index (χ3n) is 4.63. The van der Waals surface area contributed by atoms with Gasteiger partial charge in [0, 0.05) is 16.3 Å². The number of aliphatic imine (C=N–C) groups is 1. The Morgan fingerprint density at radius 1 is 1.04 bits per heavy atom. The molecule has 0 aliphatic heterocycles. The molecule has 0 aromatic heterocycles. The van der Waals surface area contributed by atoms with Crippen LogP contribution in [0, 0.1) is 6.92 Å². The molecule has 0 N–H and O–H groups in total. The van der Waals surface area contributed by atoms with Gasteiger partial charge in [-0.1, -0.05) is 42.3 Å². The molecular weight excluding hydrogens is 342 g/mol. The molecule has 0 heterocycles. The summed E-state index contributed by atoms with van der Waals surface area (Å²) in [5.74, 6) is -0.00878. The van der Waals surface area contributed by atoms with Crippen molar-refractivity contribution in [1.82, 2.24) is 0 Å². The molecule has 2 rings (SSSR count). The van der Waals surface area contributed by atoms with Crippen LogP contribution in [0.25, 0.3) is 0 Å². The Bertz CT molecular complexity index is 808. The Hall–Kier alpha value is -1.93. The van der Waals surface area contributed by atoms with Crippen molar-refractivity contribution in [3.63, 3.8) is 0 Å². The van der Waals surface area contributed by atoms with E-state index in [4.69, 9.17) is 11.6 Å². The maximum absolute atomic E-state index is 11.8. The van der Waals surface area contributed by atoms with Crippen LogP contribution >= 0.6 is 11.6 Å². The summed E-state index contributed by atoms with van der Waals surface area (Å²) in [5.41, 5.74) is 6.61. The highest BCUT2D eigenvalue weighted by Crippen LogP contribution is 2.24. The number of nitrogens with zero attached hydrogens (tertiary/aromatic N) is 1. The van der Waals surface area contributed by atoms with Gasteiger partial charge >= 0.3 is 0 Å². The number of halogens is 1. The third-order valence-corrected chi connectivity index (χ3v) is 4.86. The van der Waals surface area contributed by atoms with Gasteiger partial charge in [0.2, 0.25) is 0 Å². The van der Waals surface area contributed by atoms with Gasteiger partial charge in [-0.3, -0.25) is 9.79 Å². The van der Waals surface area contributed by atoms with Gasteiger partial charge < -0.3 is 0 Å². The van der Waals surface area contributed by atoms with Gasteiger partial charge in [-0.05, 0) is 82.2 Å². The molecule has 2 aromatic carbocycles. The Kier molecular flexibility index (Phi) is 7.59. The lowest BCUT2D eigenvalue weighted by molar-refractivity contribution is 0.101. The Balaban J connectivity index is 1.94. The number of rotatable bonds is 8. The number of carbonyl (C=O) groups is 1. The molecule has 0 unspecified atom stereocenters. The molecule has 0 amide bonds. The number of hydrogen-bond acceptors (Lipinski definition) is 2. The molecule has 0 fully saturated rings. The van der Waals surface area contributed by atoms with Crippen molar-refractivity contribution in [2.75, 3.05) is 0 Å². The molecular formula is C23H28ClNO. The lowest BCUT2D eigenvalue weighted by atomic mass is 9.97. The van der Waals surface area contributed by atoms with Crippen LogP contribution in [-0.4, -0.2) is 11.5 Å². The molecule has 0 saturated heterocycles. The molecule has 0 radical (unpaired) electrons. The van der Waals surface area contributed by atoms with Crippen LogP contribution in [0.15, 0.2) is 41.4 Å². The van der Waals surface area contributed by atoms with E-state index < -0.39 is 0 Å². The van der Waals surface area contributed by atoms with Crippen molar-refractivity contribution in [1.29, 1.82) is 0 Å². The van der Waals surface area contributed by atoms with E-state index in [1.54, 1.807) is 19.1 Å². The van der Waals surface area contributed by atoms with Crippen molar-refractivity contribution in [3.05, 3.63) is 63.7 Å². The van der Waals surface area contributed by atoms with Gasteiger partial charge in [-0.15, -0.1) is 0 Å². The number of hydrogen-bond donors (Lipinski definition) is 0. The average Bonchev–Trinajstić information content (AvgIpc) is 2.61. The fourth-order valence-electron chi connectivity index (χ4n) is 3.17. The maximum atomic E-state index is 11.8. The first-order chi connectivity index (χ1) is 12.4. The Morgan fingerprint density at radius 2 is 1.81 bits per heavy atom. The normalized spacial score (nSPS) is 11.7. The Labute approximate surface area is 162 Å². The molecule has 0 bridgehead atoms. The minimum Gasteiger partial charge on any atom is -0.294 e. The fourth-order valence-corrected chi connectivity index (χ4v) is 3.35. The molecule has 0 aliphatic rings. The zero-order valence-corrected chi connectivity index (χ0v) is 17.0. The fraction of sp³-hybridized carbons (Fsp3) is 0.391. The first kappa shape index (κ1) is 20.4. The standard InChI is InChI=1S/C23H28ClNO/c1-5-19-14-16(2)10-11-20(19)9-7-6-8-17(3)25-23-13-12-21(24)15-22(23)18(4)26/h10-15H,5-9H2,1-4H3/b25-17+. The van der Waals surface area contributed by atoms with Gasteiger partial charge in [0.25, 0.3) is 0 Å². The second-order valence-corrected chi connectivity index (χ2v) is 7.33. The van der Waals surface area contributed by atoms with Crippen LogP contribution < -0.4 is 0 Å². The molecule has 0 spiro atoms. The number of carbonyl (C=O) groups excluding carboxylic acids is 1. The topological polar surface area (TPSA) is 29.4 Å². The first-order valence-electron chi connectivity index (χ1n) is 9.33. The lowest BCUT2D eigenvalue weighted by Crippen LogP contribution is -1.98. The zero-order chi connectivity index (χ0) is 19.1. The quantitative estimate of drug-likeness (QED) is 0.282. The largest absolute Gasteiger partial charge is 0.294 e. The van der Waals surface area contributed by atoms with Crippen LogP contribution in [-0.2, 0) is 12.8 Å². The molecule has 26 heavy (non-hydrogen) atoms. The number of Topliss-reactive ketones (excluding diaryl/α,β-unsaturated/α-hetero) is 1. The lowest BCUT2D eigenvalue weighted by Gasteiger charge is -2.09. The smallest absolute Gasteiger partial charge is 0.162 e. The van der Waals surface area contributed by atoms with Crippen molar-refractivity contribution in [2.45, 2.75) is 59.8 Å². The number of ketones is 1. The monoisotopic (exact) mass is 369 g/mol. The predicted molar refractivity (Wildman–Crippen MR) is 112 cm³/mol. The van der Waals surface area contributed by atoms with Crippen molar-refractivity contribution >= 4 is 28.8 Å². The third kappa shape index (κ3) is 5.81. The summed E-state index contributed by atoms with van der Waals surface area (Å²) in [6.07, 6.45) is 5.37. The highest BCUT2D eigenvalue weighted by Gasteiger charge is 2.08. The van der Waals surface area contributed by atoms with E-state index in [2.05, 4.69) is 37.0 Å². The van der Waals surface area contributed by atoms with E-state index in [9.17, 15) is 4.79 Å². The number of unbranched alkanes of at least 4 members (excludes halogenated alkanes) is 1. The summed E-state index contributed by atoms with van der Waals surface area (Å²) in [6.45, 7) is 7.94. The van der Waals surface area contributed by atoms with Gasteiger partial charge in [-0.25, -0.2) is 0 Å². The number of benzene rings is 2. The number of aryl methyl sites for hydroxylation is 3. The highest BCUT2D eigenvalue weighted by atomic mass is 35.5. The van der Waals surface area contributed by atoms with E-state index in [0.29, 0.717) is 16.3 Å². The van der Waals surface area contributed by atoms with Crippen molar-refractivity contribution in [3.8, 4) is 0 Å². The predicted octanol–water partition coefficient (Wildman–Crippen LogP) is 6.92. The van der Waals surface area contributed by atoms with Crippen LogP contribution in [0.1, 0.15) is 67.1 Å². The van der Waals surface area contributed by atoms with Gasteiger partial charge in [0.05, 0.1) is 5.69 Å². The van der Waals surface area contributed by atoms with E-state index >= 15 is 0 Å². The minimum atomic E-state index is -0.00878. The molecule has 3 heteroatoms. The second-order valence-electron chi connectivity index (χ2n) is 6.90.